The van der Waals surface area contributed by atoms with E-state index in [1.165, 1.54) is 11.8 Å². The van der Waals surface area contributed by atoms with Gasteiger partial charge in [-0.2, -0.15) is 0 Å². The van der Waals surface area contributed by atoms with E-state index in [0.717, 1.165) is 37.4 Å². The minimum atomic E-state index is -0.489. The number of unbranched alkanes of at least 4 members (excludes halogenated alkanes) is 1. The Bertz CT molecular complexity index is 340. The lowest BCUT2D eigenvalue weighted by molar-refractivity contribution is -0.121. The van der Waals surface area contributed by atoms with Crippen LogP contribution in [0.25, 0.3) is 0 Å². The number of nitrogens with one attached hydrogen (secondary N) is 1. The van der Waals surface area contributed by atoms with Crippen LogP contribution in [0.2, 0.25) is 0 Å². The summed E-state index contributed by atoms with van der Waals surface area (Å²) in [5, 5.41) is 24.5. The lowest BCUT2D eigenvalue weighted by Gasteiger charge is -2.37. The van der Waals surface area contributed by atoms with Crippen LogP contribution >= 0.6 is 11.8 Å². The molecule has 0 aliphatic carbocycles. The first kappa shape index (κ1) is 16.1. The van der Waals surface area contributed by atoms with E-state index in [0.29, 0.717) is 6.42 Å². The maximum Gasteiger partial charge on any atom is 0.159 e. The predicted octanol–water partition coefficient (Wildman–Crippen LogP) is 1.48. The van der Waals surface area contributed by atoms with Gasteiger partial charge in [0, 0.05) is 13.0 Å². The van der Waals surface area contributed by atoms with Gasteiger partial charge in [-0.05, 0) is 12.8 Å². The molecule has 5 atom stereocenters. The van der Waals surface area contributed by atoms with Gasteiger partial charge < -0.3 is 20.3 Å². The first-order valence-corrected chi connectivity index (χ1v) is 8.52. The molecule has 0 saturated carbocycles. The SMILES string of the molecule is CCCC[C@H](O)[C@@H]1C[C@H](O)[C@H]2NC(=NCCC)S[C@H]2O1. The second kappa shape index (κ2) is 7.64. The standard InChI is InChI=1S/C14H26N2O3S/c1-3-5-6-9(17)11-8-10(18)12-13(19-11)20-14(16-12)15-7-4-2/h9-13,17-18H,3-8H2,1-2H3,(H,15,16)/t9-,10-,11-,12+,13+/m0/s1. The molecule has 3 N–H and O–H groups in total. The zero-order valence-corrected chi connectivity index (χ0v) is 13.1. The first-order chi connectivity index (χ1) is 9.65. The summed E-state index contributed by atoms with van der Waals surface area (Å²) in [5.74, 6) is 0. The van der Waals surface area contributed by atoms with E-state index in [9.17, 15) is 10.2 Å². The third kappa shape index (κ3) is 3.87. The summed E-state index contributed by atoms with van der Waals surface area (Å²) < 4.78 is 5.96. The summed E-state index contributed by atoms with van der Waals surface area (Å²) in [6.45, 7) is 4.97. The molecule has 0 amide bonds. The molecule has 0 aromatic heterocycles. The van der Waals surface area contributed by atoms with E-state index in [2.05, 4.69) is 24.2 Å². The predicted molar refractivity (Wildman–Crippen MR) is 81.9 cm³/mol. The van der Waals surface area contributed by atoms with Crippen LogP contribution in [-0.2, 0) is 4.74 Å². The Balaban J connectivity index is 1.92. The fourth-order valence-electron chi connectivity index (χ4n) is 2.57. The molecule has 2 heterocycles. The third-order valence-corrected chi connectivity index (χ3v) is 4.88. The van der Waals surface area contributed by atoms with E-state index in [-0.39, 0.29) is 17.6 Å². The average Bonchev–Trinajstić information content (AvgIpc) is 2.86. The summed E-state index contributed by atoms with van der Waals surface area (Å²) >= 11 is 1.53. The highest BCUT2D eigenvalue weighted by Crippen LogP contribution is 2.35. The molecular weight excluding hydrogens is 276 g/mol. The average molecular weight is 302 g/mol. The maximum atomic E-state index is 10.2. The molecule has 0 unspecified atom stereocenters. The molecule has 5 nitrogen and oxygen atoms in total. The fourth-order valence-corrected chi connectivity index (χ4v) is 3.76. The van der Waals surface area contributed by atoms with Crippen LogP contribution < -0.4 is 5.32 Å². The quantitative estimate of drug-likeness (QED) is 0.693. The van der Waals surface area contributed by atoms with Crippen LogP contribution in [-0.4, -0.2) is 51.7 Å². The van der Waals surface area contributed by atoms with Crippen LogP contribution in [0.5, 0.6) is 0 Å². The lowest BCUT2D eigenvalue weighted by atomic mass is 9.95. The number of hydrogen-bond donors (Lipinski definition) is 3. The van der Waals surface area contributed by atoms with Crippen molar-refractivity contribution in [3.63, 3.8) is 0 Å². The largest absolute Gasteiger partial charge is 0.391 e. The van der Waals surface area contributed by atoms with Crippen molar-refractivity contribution in [2.24, 2.45) is 4.99 Å². The molecule has 0 aromatic rings. The van der Waals surface area contributed by atoms with Crippen LogP contribution in [0.4, 0.5) is 0 Å². The van der Waals surface area contributed by atoms with E-state index in [1.54, 1.807) is 0 Å². The van der Waals surface area contributed by atoms with Crippen molar-refractivity contribution < 1.29 is 14.9 Å². The van der Waals surface area contributed by atoms with E-state index < -0.39 is 12.2 Å². The van der Waals surface area contributed by atoms with Gasteiger partial charge in [0.1, 0.15) is 5.44 Å². The number of aliphatic imine (C=N–C) groups is 1. The number of thioether (sulfide) groups is 1. The molecule has 2 rings (SSSR count). The minimum Gasteiger partial charge on any atom is -0.391 e. The van der Waals surface area contributed by atoms with Crippen LogP contribution in [0.15, 0.2) is 4.99 Å². The number of aliphatic hydroxyl groups is 2. The van der Waals surface area contributed by atoms with Gasteiger partial charge in [-0.15, -0.1) is 0 Å². The third-order valence-electron chi connectivity index (χ3n) is 3.77. The van der Waals surface area contributed by atoms with Crippen molar-refractivity contribution in [2.45, 2.75) is 75.7 Å². The molecule has 0 radical (unpaired) electrons. The van der Waals surface area contributed by atoms with Crippen molar-refractivity contribution >= 4 is 16.9 Å². The summed E-state index contributed by atoms with van der Waals surface area (Å²) in [7, 11) is 0. The molecule has 0 spiro atoms. The van der Waals surface area contributed by atoms with Crippen molar-refractivity contribution in [1.82, 2.24) is 5.32 Å². The highest BCUT2D eigenvalue weighted by Gasteiger charge is 2.45. The molecule has 116 valence electrons. The Hall–Kier alpha value is -0.300. The number of ether oxygens (including phenoxy) is 1. The Labute approximate surface area is 125 Å². The number of hydrogen-bond acceptors (Lipinski definition) is 5. The molecule has 2 aliphatic heterocycles. The van der Waals surface area contributed by atoms with Crippen molar-refractivity contribution in [1.29, 1.82) is 0 Å². The fraction of sp³-hybridized carbons (Fsp3) is 0.929. The van der Waals surface area contributed by atoms with Crippen molar-refractivity contribution in [3.05, 3.63) is 0 Å². The Kier molecular flexibility index (Phi) is 6.14. The van der Waals surface area contributed by atoms with Gasteiger partial charge >= 0.3 is 0 Å². The lowest BCUT2D eigenvalue weighted by Crippen LogP contribution is -2.52. The van der Waals surface area contributed by atoms with Crippen molar-refractivity contribution in [2.75, 3.05) is 6.54 Å². The van der Waals surface area contributed by atoms with Gasteiger partial charge in [0.25, 0.3) is 0 Å². The van der Waals surface area contributed by atoms with Gasteiger partial charge in [0.2, 0.25) is 0 Å². The molecule has 20 heavy (non-hydrogen) atoms. The van der Waals surface area contributed by atoms with Crippen LogP contribution in [0, 0.1) is 0 Å². The second-order valence-electron chi connectivity index (χ2n) is 5.53. The molecular formula is C14H26N2O3S. The summed E-state index contributed by atoms with van der Waals surface area (Å²) in [5.41, 5.74) is -0.143. The molecule has 2 saturated heterocycles. The van der Waals surface area contributed by atoms with E-state index >= 15 is 0 Å². The zero-order chi connectivity index (χ0) is 14.5. The van der Waals surface area contributed by atoms with E-state index in [4.69, 9.17) is 4.74 Å². The number of amidine groups is 1. The summed E-state index contributed by atoms with van der Waals surface area (Å²) in [4.78, 5) is 4.43. The molecule has 0 bridgehead atoms. The minimum absolute atomic E-state index is 0.106. The molecule has 0 aromatic carbocycles. The normalized spacial score (nSPS) is 36.7. The van der Waals surface area contributed by atoms with Gasteiger partial charge in [-0.1, -0.05) is 38.5 Å². The molecule has 2 aliphatic rings. The Morgan fingerprint density at radius 3 is 2.95 bits per heavy atom. The number of nitrogens with zero attached hydrogens (tertiary/aromatic N) is 1. The Morgan fingerprint density at radius 2 is 2.25 bits per heavy atom. The highest BCUT2D eigenvalue weighted by molar-refractivity contribution is 8.14. The first-order valence-electron chi connectivity index (χ1n) is 7.65. The second-order valence-corrected chi connectivity index (χ2v) is 6.62. The monoisotopic (exact) mass is 302 g/mol. The van der Waals surface area contributed by atoms with E-state index in [1.807, 2.05) is 0 Å². The maximum absolute atomic E-state index is 10.2. The van der Waals surface area contributed by atoms with Crippen LogP contribution in [0.1, 0.15) is 46.0 Å². The highest BCUT2D eigenvalue weighted by atomic mass is 32.2. The van der Waals surface area contributed by atoms with Crippen LogP contribution in [0.3, 0.4) is 0 Å². The number of fused-ring (bicyclic) bond motifs is 1. The molecule has 6 heteroatoms. The molecule has 2 fully saturated rings. The summed E-state index contributed by atoms with van der Waals surface area (Å²) in [6.07, 6.45) is 3.03. The van der Waals surface area contributed by atoms with Crippen molar-refractivity contribution in [3.8, 4) is 0 Å². The smallest absolute Gasteiger partial charge is 0.159 e. The van der Waals surface area contributed by atoms with Gasteiger partial charge in [0.05, 0.1) is 24.4 Å². The summed E-state index contributed by atoms with van der Waals surface area (Å²) in [6, 6.07) is -0.106. The van der Waals surface area contributed by atoms with Gasteiger partial charge in [-0.25, -0.2) is 0 Å². The Morgan fingerprint density at radius 1 is 1.45 bits per heavy atom. The van der Waals surface area contributed by atoms with Gasteiger partial charge in [0.15, 0.2) is 5.17 Å². The van der Waals surface area contributed by atoms with Gasteiger partial charge in [-0.3, -0.25) is 4.99 Å². The number of aliphatic hydroxyl groups excluding tert-OH is 2. The topological polar surface area (TPSA) is 74.1 Å². The zero-order valence-electron chi connectivity index (χ0n) is 12.3. The number of rotatable bonds is 6.